The third-order valence-electron chi connectivity index (χ3n) is 6.88. The highest BCUT2D eigenvalue weighted by Crippen LogP contribution is 2.34. The third kappa shape index (κ3) is 6.42. The van der Waals surface area contributed by atoms with Crippen LogP contribution in [0.1, 0.15) is 61.9 Å². The van der Waals surface area contributed by atoms with Gasteiger partial charge in [-0.1, -0.05) is 6.07 Å². The van der Waals surface area contributed by atoms with Crippen molar-refractivity contribution in [2.24, 2.45) is 5.92 Å². The molecule has 2 unspecified atom stereocenters. The summed E-state index contributed by atoms with van der Waals surface area (Å²) in [5.41, 5.74) is 3.93. The molecule has 3 aliphatic rings. The number of fused-ring (bicyclic) bond motifs is 1. The number of aliphatic carboxylic acids is 1. The van der Waals surface area contributed by atoms with Crippen LogP contribution in [0.2, 0.25) is 0 Å². The van der Waals surface area contributed by atoms with Gasteiger partial charge < -0.3 is 25.2 Å². The molecule has 1 aliphatic heterocycles. The molecule has 1 aromatic heterocycles. The zero-order chi connectivity index (χ0) is 22.3. The van der Waals surface area contributed by atoms with E-state index in [-0.39, 0.29) is 18.6 Å². The van der Waals surface area contributed by atoms with Gasteiger partial charge in [-0.15, -0.1) is 0 Å². The second-order valence-corrected chi connectivity index (χ2v) is 9.33. The van der Waals surface area contributed by atoms with Gasteiger partial charge in [0.1, 0.15) is 12.1 Å². The standard InChI is InChI=1S/C24H35N3O5/c28-23(29)22(27-24(30)32-19-9-11-25-15-19)10-12-31-20-13-16(14-20)5-7-18-8-6-17-3-1-2-4-21(17)26-18/h6,8,16,19-20,22,25H,1-5,7,9-15H2,(H,27,30)(H,28,29). The molecular formula is C24H35N3O5. The van der Waals surface area contributed by atoms with Crippen molar-refractivity contribution in [1.29, 1.82) is 0 Å². The molecule has 1 aromatic rings. The lowest BCUT2D eigenvalue weighted by Gasteiger charge is -2.35. The van der Waals surface area contributed by atoms with E-state index >= 15 is 0 Å². The van der Waals surface area contributed by atoms with Crippen LogP contribution in [0.15, 0.2) is 12.1 Å². The Bertz CT molecular complexity index is 790. The van der Waals surface area contributed by atoms with Crippen LogP contribution >= 0.6 is 0 Å². The van der Waals surface area contributed by atoms with Crippen molar-refractivity contribution in [3.8, 4) is 0 Å². The van der Waals surface area contributed by atoms with Gasteiger partial charge in [-0.05, 0) is 81.9 Å². The molecule has 2 fully saturated rings. The number of hydrogen-bond donors (Lipinski definition) is 3. The number of pyridine rings is 1. The average Bonchev–Trinajstić information content (AvgIpc) is 3.26. The number of carboxylic acid groups (broad SMARTS) is 1. The number of ether oxygens (including phenoxy) is 2. The summed E-state index contributed by atoms with van der Waals surface area (Å²) in [7, 11) is 0. The highest BCUT2D eigenvalue weighted by Gasteiger charge is 2.30. The second kappa shape index (κ2) is 11.1. The van der Waals surface area contributed by atoms with Crippen molar-refractivity contribution in [3.05, 3.63) is 29.1 Å². The van der Waals surface area contributed by atoms with E-state index in [0.29, 0.717) is 19.1 Å². The van der Waals surface area contributed by atoms with Gasteiger partial charge in [0, 0.05) is 31.0 Å². The monoisotopic (exact) mass is 445 g/mol. The molecule has 2 aliphatic carbocycles. The van der Waals surface area contributed by atoms with Gasteiger partial charge in [-0.2, -0.15) is 0 Å². The average molecular weight is 446 g/mol. The highest BCUT2D eigenvalue weighted by molar-refractivity contribution is 5.79. The lowest BCUT2D eigenvalue weighted by Crippen LogP contribution is -2.43. The Labute approximate surface area is 189 Å². The Hall–Kier alpha value is -2.19. The predicted molar refractivity (Wildman–Crippen MR) is 119 cm³/mol. The number of carbonyl (C=O) groups is 2. The number of nitrogens with zero attached hydrogens (tertiary/aromatic N) is 1. The van der Waals surface area contributed by atoms with E-state index in [2.05, 4.69) is 22.8 Å². The number of hydrogen-bond acceptors (Lipinski definition) is 6. The quantitative estimate of drug-likeness (QED) is 0.508. The fraction of sp³-hybridized carbons (Fsp3) is 0.708. The Morgan fingerprint density at radius 3 is 2.84 bits per heavy atom. The maximum Gasteiger partial charge on any atom is 0.408 e. The van der Waals surface area contributed by atoms with Crippen molar-refractivity contribution < 1.29 is 24.2 Å². The fourth-order valence-electron chi connectivity index (χ4n) is 4.83. The number of nitrogens with one attached hydrogen (secondary N) is 2. The number of carboxylic acids is 1. The van der Waals surface area contributed by atoms with E-state index in [1.54, 1.807) is 0 Å². The molecule has 8 nitrogen and oxygen atoms in total. The topological polar surface area (TPSA) is 110 Å². The minimum absolute atomic E-state index is 0.183. The van der Waals surface area contributed by atoms with Crippen LogP contribution in [0.4, 0.5) is 4.79 Å². The van der Waals surface area contributed by atoms with Crippen molar-refractivity contribution in [1.82, 2.24) is 15.6 Å². The lowest BCUT2D eigenvalue weighted by atomic mass is 9.79. The van der Waals surface area contributed by atoms with Crippen LogP contribution in [0.5, 0.6) is 0 Å². The minimum Gasteiger partial charge on any atom is -0.480 e. The number of aryl methyl sites for hydroxylation is 3. The summed E-state index contributed by atoms with van der Waals surface area (Å²) < 4.78 is 11.1. The van der Waals surface area contributed by atoms with E-state index in [1.165, 1.54) is 36.2 Å². The van der Waals surface area contributed by atoms with Crippen molar-refractivity contribution in [3.63, 3.8) is 0 Å². The van der Waals surface area contributed by atoms with E-state index in [9.17, 15) is 14.7 Å². The lowest BCUT2D eigenvalue weighted by molar-refractivity contribution is -0.140. The number of alkyl carbamates (subject to hydrolysis) is 1. The molecule has 3 N–H and O–H groups in total. The molecule has 4 rings (SSSR count). The van der Waals surface area contributed by atoms with Crippen molar-refractivity contribution >= 4 is 12.1 Å². The van der Waals surface area contributed by atoms with Gasteiger partial charge >= 0.3 is 12.1 Å². The first kappa shape index (κ1) is 23.0. The first-order valence-electron chi connectivity index (χ1n) is 12.1. The van der Waals surface area contributed by atoms with Crippen LogP contribution in [0.25, 0.3) is 0 Å². The Balaban J connectivity index is 1.10. The number of aromatic nitrogens is 1. The summed E-state index contributed by atoms with van der Waals surface area (Å²) in [6.45, 7) is 1.73. The fourth-order valence-corrected chi connectivity index (χ4v) is 4.83. The van der Waals surface area contributed by atoms with Crippen LogP contribution in [-0.2, 0) is 33.5 Å². The molecule has 0 aromatic carbocycles. The highest BCUT2D eigenvalue weighted by atomic mass is 16.6. The Morgan fingerprint density at radius 1 is 1.22 bits per heavy atom. The molecule has 32 heavy (non-hydrogen) atoms. The maximum absolute atomic E-state index is 11.9. The van der Waals surface area contributed by atoms with Gasteiger partial charge in [0.05, 0.1) is 6.10 Å². The number of carbonyl (C=O) groups excluding carboxylic acids is 1. The summed E-state index contributed by atoms with van der Waals surface area (Å²) >= 11 is 0. The summed E-state index contributed by atoms with van der Waals surface area (Å²) in [6.07, 6.45) is 9.25. The van der Waals surface area contributed by atoms with Gasteiger partial charge in [-0.3, -0.25) is 4.98 Å². The molecule has 1 amide bonds. The van der Waals surface area contributed by atoms with E-state index in [4.69, 9.17) is 14.5 Å². The molecule has 0 spiro atoms. The smallest absolute Gasteiger partial charge is 0.408 e. The normalized spacial score (nSPS) is 25.4. The summed E-state index contributed by atoms with van der Waals surface area (Å²) in [6, 6.07) is 3.45. The first-order valence-corrected chi connectivity index (χ1v) is 12.1. The maximum atomic E-state index is 11.9. The van der Waals surface area contributed by atoms with Gasteiger partial charge in [0.15, 0.2) is 0 Å². The zero-order valence-corrected chi connectivity index (χ0v) is 18.7. The van der Waals surface area contributed by atoms with E-state index in [1.807, 2.05) is 0 Å². The van der Waals surface area contributed by atoms with Crippen LogP contribution in [0, 0.1) is 5.92 Å². The molecule has 0 radical (unpaired) electrons. The van der Waals surface area contributed by atoms with Crippen LogP contribution in [-0.4, -0.2) is 60.1 Å². The van der Waals surface area contributed by atoms with E-state index < -0.39 is 18.1 Å². The second-order valence-electron chi connectivity index (χ2n) is 9.33. The minimum atomic E-state index is -1.07. The third-order valence-corrected chi connectivity index (χ3v) is 6.88. The molecule has 1 saturated carbocycles. The number of amides is 1. The zero-order valence-electron chi connectivity index (χ0n) is 18.7. The molecule has 176 valence electrons. The van der Waals surface area contributed by atoms with Crippen LogP contribution in [0.3, 0.4) is 0 Å². The van der Waals surface area contributed by atoms with Crippen molar-refractivity contribution in [2.75, 3.05) is 19.7 Å². The van der Waals surface area contributed by atoms with Gasteiger partial charge in [0.2, 0.25) is 0 Å². The molecule has 2 atom stereocenters. The molecule has 1 saturated heterocycles. The molecule has 8 heteroatoms. The molecule has 2 heterocycles. The van der Waals surface area contributed by atoms with Gasteiger partial charge in [0.25, 0.3) is 0 Å². The van der Waals surface area contributed by atoms with E-state index in [0.717, 1.165) is 45.1 Å². The molecule has 0 bridgehead atoms. The first-order chi connectivity index (χ1) is 15.6. The van der Waals surface area contributed by atoms with Gasteiger partial charge in [-0.25, -0.2) is 9.59 Å². The molecular weight excluding hydrogens is 410 g/mol. The van der Waals surface area contributed by atoms with Crippen molar-refractivity contribution in [2.45, 2.75) is 82.5 Å². The number of rotatable bonds is 10. The predicted octanol–water partition coefficient (Wildman–Crippen LogP) is 2.62. The Kier molecular flexibility index (Phi) is 7.97. The SMILES string of the molecule is O=C(NC(CCOC1CC(CCc2ccc3c(n2)CCCC3)C1)C(=O)O)OC1CCNC1. The summed E-state index contributed by atoms with van der Waals surface area (Å²) in [5.74, 6) is -0.430. The summed E-state index contributed by atoms with van der Waals surface area (Å²) in [4.78, 5) is 28.2. The van der Waals surface area contributed by atoms with Crippen LogP contribution < -0.4 is 10.6 Å². The largest absolute Gasteiger partial charge is 0.480 e. The Morgan fingerprint density at radius 2 is 2.06 bits per heavy atom. The summed E-state index contributed by atoms with van der Waals surface area (Å²) in [5, 5.41) is 14.9.